The van der Waals surface area contributed by atoms with E-state index in [9.17, 15) is 0 Å². The number of hydrogen-bond acceptors (Lipinski definition) is 2. The Morgan fingerprint density at radius 3 is 2.21 bits per heavy atom. The van der Waals surface area contributed by atoms with E-state index in [1.165, 1.54) is 5.56 Å². The van der Waals surface area contributed by atoms with E-state index in [0.29, 0.717) is 6.04 Å². The summed E-state index contributed by atoms with van der Waals surface area (Å²) in [6.45, 7) is 7.80. The van der Waals surface area contributed by atoms with Gasteiger partial charge in [-0.3, -0.25) is 0 Å². The first-order valence-corrected chi connectivity index (χ1v) is 7.88. The molecule has 2 unspecified atom stereocenters. The van der Waals surface area contributed by atoms with Gasteiger partial charge in [0.25, 0.3) is 0 Å². The van der Waals surface area contributed by atoms with Crippen LogP contribution in [-0.4, -0.2) is 37.1 Å². The maximum absolute atomic E-state index is 3.67. The third-order valence-corrected chi connectivity index (χ3v) is 4.82. The molecule has 0 saturated carbocycles. The van der Waals surface area contributed by atoms with Gasteiger partial charge in [0.05, 0.1) is 0 Å². The van der Waals surface area contributed by atoms with Gasteiger partial charge < -0.3 is 10.2 Å². The molecule has 1 rings (SSSR count). The monoisotopic (exact) mass is 326 g/mol. The Labute approximate surface area is 126 Å². The lowest BCUT2D eigenvalue weighted by Gasteiger charge is -2.43. The largest absolute Gasteiger partial charge is 0.312 e. The number of hydrogen-bond donors (Lipinski definition) is 1. The molecule has 1 N–H and O–H groups in total. The van der Waals surface area contributed by atoms with E-state index >= 15 is 0 Å². The van der Waals surface area contributed by atoms with Crippen LogP contribution in [0.1, 0.15) is 32.8 Å². The number of nitrogens with one attached hydrogen (secondary N) is 1. The molecule has 0 aromatic heterocycles. The van der Waals surface area contributed by atoms with Crippen molar-refractivity contribution in [3.63, 3.8) is 0 Å². The van der Waals surface area contributed by atoms with Crippen LogP contribution in [0.5, 0.6) is 0 Å². The van der Waals surface area contributed by atoms with Gasteiger partial charge in [-0.1, -0.05) is 41.9 Å². The van der Waals surface area contributed by atoms with Crippen molar-refractivity contribution < 1.29 is 0 Å². The zero-order valence-corrected chi connectivity index (χ0v) is 14.4. The van der Waals surface area contributed by atoms with Crippen molar-refractivity contribution in [2.75, 3.05) is 20.6 Å². The van der Waals surface area contributed by atoms with Crippen LogP contribution in [0, 0.1) is 0 Å². The van der Waals surface area contributed by atoms with Crippen LogP contribution < -0.4 is 5.32 Å². The standard InChI is InChI=1S/C16H27BrN2/c1-6-16(3,19(4)5)15(18-7-2)12-13-8-10-14(17)11-9-13/h8-11,15,18H,6-7,12H2,1-5H3. The average Bonchev–Trinajstić information content (AvgIpc) is 2.39. The fourth-order valence-electron chi connectivity index (χ4n) is 2.49. The molecule has 108 valence electrons. The molecule has 2 atom stereocenters. The van der Waals surface area contributed by atoms with E-state index in [1.54, 1.807) is 0 Å². The minimum absolute atomic E-state index is 0.170. The number of likely N-dealkylation sites (N-methyl/N-ethyl adjacent to an activating group) is 2. The summed E-state index contributed by atoms with van der Waals surface area (Å²) < 4.78 is 1.14. The molecule has 0 bridgehead atoms. The normalized spacial score (nSPS) is 16.4. The lowest BCUT2D eigenvalue weighted by atomic mass is 9.84. The number of rotatable bonds is 7. The predicted molar refractivity (Wildman–Crippen MR) is 87.7 cm³/mol. The molecule has 3 heteroatoms. The zero-order chi connectivity index (χ0) is 14.5. The summed E-state index contributed by atoms with van der Waals surface area (Å²) in [5, 5.41) is 3.67. The highest BCUT2D eigenvalue weighted by atomic mass is 79.9. The van der Waals surface area contributed by atoms with E-state index in [0.717, 1.165) is 23.9 Å². The molecule has 1 aromatic rings. The maximum atomic E-state index is 3.67. The van der Waals surface area contributed by atoms with Crippen molar-refractivity contribution in [1.29, 1.82) is 0 Å². The zero-order valence-electron chi connectivity index (χ0n) is 12.8. The Hall–Kier alpha value is -0.380. The Bertz CT molecular complexity index is 375. The Morgan fingerprint density at radius 1 is 1.21 bits per heavy atom. The van der Waals surface area contributed by atoms with Gasteiger partial charge in [-0.05, 0) is 58.1 Å². The summed E-state index contributed by atoms with van der Waals surface area (Å²) in [5.74, 6) is 0. The van der Waals surface area contributed by atoms with Gasteiger partial charge in [0.2, 0.25) is 0 Å². The van der Waals surface area contributed by atoms with E-state index in [4.69, 9.17) is 0 Å². The molecule has 0 aliphatic heterocycles. The second-order valence-electron chi connectivity index (χ2n) is 5.55. The maximum Gasteiger partial charge on any atom is 0.0328 e. The van der Waals surface area contributed by atoms with Gasteiger partial charge in [-0.15, -0.1) is 0 Å². The third-order valence-electron chi connectivity index (χ3n) is 4.29. The molecule has 0 fully saturated rings. The van der Waals surface area contributed by atoms with Crippen molar-refractivity contribution in [2.24, 2.45) is 0 Å². The first-order chi connectivity index (χ1) is 8.93. The van der Waals surface area contributed by atoms with Crippen LogP contribution >= 0.6 is 15.9 Å². The number of halogens is 1. The molecule has 1 aromatic carbocycles. The Morgan fingerprint density at radius 2 is 1.79 bits per heavy atom. The van der Waals surface area contributed by atoms with Crippen LogP contribution in [-0.2, 0) is 6.42 Å². The SMILES string of the molecule is CCNC(Cc1ccc(Br)cc1)C(C)(CC)N(C)C. The smallest absolute Gasteiger partial charge is 0.0328 e. The van der Waals surface area contributed by atoms with E-state index in [-0.39, 0.29) is 5.54 Å². The molecule has 2 nitrogen and oxygen atoms in total. The minimum Gasteiger partial charge on any atom is -0.312 e. The average molecular weight is 327 g/mol. The van der Waals surface area contributed by atoms with E-state index in [1.807, 2.05) is 0 Å². The summed E-state index contributed by atoms with van der Waals surface area (Å²) in [7, 11) is 4.35. The summed E-state index contributed by atoms with van der Waals surface area (Å²) in [6.07, 6.45) is 2.19. The van der Waals surface area contributed by atoms with Crippen LogP contribution in [0.4, 0.5) is 0 Å². The number of benzene rings is 1. The van der Waals surface area contributed by atoms with Crippen molar-refractivity contribution in [3.05, 3.63) is 34.3 Å². The van der Waals surface area contributed by atoms with Gasteiger partial charge in [0.15, 0.2) is 0 Å². The highest BCUT2D eigenvalue weighted by Gasteiger charge is 2.34. The first kappa shape index (κ1) is 16.7. The van der Waals surface area contributed by atoms with E-state index < -0.39 is 0 Å². The fraction of sp³-hybridized carbons (Fsp3) is 0.625. The lowest BCUT2D eigenvalue weighted by Crippen LogP contribution is -2.57. The molecule has 0 saturated heterocycles. The molecule has 0 radical (unpaired) electrons. The molecule has 0 amide bonds. The third kappa shape index (κ3) is 4.30. The molecular formula is C16H27BrN2. The molecular weight excluding hydrogens is 300 g/mol. The van der Waals surface area contributed by atoms with Crippen LogP contribution in [0.3, 0.4) is 0 Å². The second-order valence-corrected chi connectivity index (χ2v) is 6.46. The summed E-state index contributed by atoms with van der Waals surface area (Å²) in [5.41, 5.74) is 1.55. The number of nitrogens with zero attached hydrogens (tertiary/aromatic N) is 1. The lowest BCUT2D eigenvalue weighted by molar-refractivity contribution is 0.113. The second kappa shape index (κ2) is 7.41. The summed E-state index contributed by atoms with van der Waals surface area (Å²) in [6, 6.07) is 9.12. The predicted octanol–water partition coefficient (Wildman–Crippen LogP) is 3.70. The van der Waals surface area contributed by atoms with Gasteiger partial charge in [0, 0.05) is 16.1 Å². The summed E-state index contributed by atoms with van der Waals surface area (Å²) in [4.78, 5) is 2.35. The molecule has 0 heterocycles. The summed E-state index contributed by atoms with van der Waals surface area (Å²) >= 11 is 3.49. The van der Waals surface area contributed by atoms with Crippen molar-refractivity contribution in [3.8, 4) is 0 Å². The highest BCUT2D eigenvalue weighted by Crippen LogP contribution is 2.24. The van der Waals surface area contributed by atoms with Crippen LogP contribution in [0.15, 0.2) is 28.7 Å². The highest BCUT2D eigenvalue weighted by molar-refractivity contribution is 9.10. The molecule has 0 aliphatic carbocycles. The van der Waals surface area contributed by atoms with Gasteiger partial charge in [0.1, 0.15) is 0 Å². The molecule has 0 spiro atoms. The molecule has 0 aliphatic rings. The van der Waals surface area contributed by atoms with Gasteiger partial charge >= 0.3 is 0 Å². The van der Waals surface area contributed by atoms with Crippen molar-refractivity contribution in [1.82, 2.24) is 10.2 Å². The minimum atomic E-state index is 0.170. The van der Waals surface area contributed by atoms with Crippen molar-refractivity contribution >= 4 is 15.9 Å². The van der Waals surface area contributed by atoms with Crippen molar-refractivity contribution in [2.45, 2.75) is 45.2 Å². The van der Waals surface area contributed by atoms with E-state index in [2.05, 4.69) is 85.3 Å². The Kier molecular flexibility index (Phi) is 6.51. The van der Waals surface area contributed by atoms with Gasteiger partial charge in [-0.25, -0.2) is 0 Å². The molecule has 19 heavy (non-hydrogen) atoms. The first-order valence-electron chi connectivity index (χ1n) is 7.09. The van der Waals surface area contributed by atoms with Crippen LogP contribution in [0.2, 0.25) is 0 Å². The topological polar surface area (TPSA) is 15.3 Å². The van der Waals surface area contributed by atoms with Gasteiger partial charge in [-0.2, -0.15) is 0 Å². The fourth-order valence-corrected chi connectivity index (χ4v) is 2.75. The quantitative estimate of drug-likeness (QED) is 0.821. The van der Waals surface area contributed by atoms with Crippen LogP contribution in [0.25, 0.3) is 0 Å². The Balaban J connectivity index is 2.91.